The zero-order valence-corrected chi connectivity index (χ0v) is 13.2. The normalized spacial score (nSPS) is 12.3. The zero-order valence-electron chi connectivity index (χ0n) is 13.2. The Morgan fingerprint density at radius 2 is 1.36 bits per heavy atom. The van der Waals surface area contributed by atoms with E-state index in [1.54, 1.807) is 0 Å². The first-order valence-corrected chi connectivity index (χ1v) is 7.75. The number of fused-ring (bicyclic) bond motifs is 3. The minimum absolute atomic E-state index is 0.250. The maximum absolute atomic E-state index is 8.36. The lowest BCUT2D eigenvalue weighted by atomic mass is 9.96. The van der Waals surface area contributed by atoms with E-state index in [4.69, 9.17) is 9.90 Å². The monoisotopic (exact) mass is 297 g/mol. The zero-order chi connectivity index (χ0) is 15.9. The molecule has 0 radical (unpaired) electrons. The van der Waals surface area contributed by atoms with Gasteiger partial charge in [0.2, 0.25) is 0 Å². The quantitative estimate of drug-likeness (QED) is 0.872. The highest BCUT2D eigenvalue weighted by atomic mass is 16.3. The highest BCUT2D eigenvalue weighted by Gasteiger charge is 2.28. The minimum Gasteiger partial charge on any atom is -0.483 e. The van der Waals surface area contributed by atoms with E-state index in [0.717, 1.165) is 19.6 Å². The van der Waals surface area contributed by atoms with Crippen LogP contribution in [0.1, 0.15) is 30.9 Å². The van der Waals surface area contributed by atoms with Crippen LogP contribution in [-0.4, -0.2) is 36.1 Å². The van der Waals surface area contributed by atoms with Gasteiger partial charge in [0.1, 0.15) is 0 Å². The highest BCUT2D eigenvalue weighted by molar-refractivity contribution is 5.78. The van der Waals surface area contributed by atoms with E-state index in [-0.39, 0.29) is 6.47 Å². The molecular weight excluding hydrogens is 274 g/mol. The van der Waals surface area contributed by atoms with E-state index in [1.165, 1.54) is 22.3 Å². The lowest BCUT2D eigenvalue weighted by molar-refractivity contribution is -0.122. The molecule has 3 heteroatoms. The van der Waals surface area contributed by atoms with Crippen molar-refractivity contribution >= 4 is 6.47 Å². The van der Waals surface area contributed by atoms with E-state index in [1.807, 2.05) is 0 Å². The van der Waals surface area contributed by atoms with E-state index in [0.29, 0.717) is 5.92 Å². The van der Waals surface area contributed by atoms with E-state index >= 15 is 0 Å². The number of hydrogen-bond acceptors (Lipinski definition) is 2. The average molecular weight is 297 g/mol. The lowest BCUT2D eigenvalue weighted by Crippen LogP contribution is -2.28. The molecule has 0 saturated carbocycles. The molecule has 0 aromatic heterocycles. The van der Waals surface area contributed by atoms with Gasteiger partial charge in [-0.3, -0.25) is 4.79 Å². The summed E-state index contributed by atoms with van der Waals surface area (Å²) in [6.07, 6.45) is 0. The Morgan fingerprint density at radius 3 is 1.77 bits per heavy atom. The van der Waals surface area contributed by atoms with Crippen LogP contribution >= 0.6 is 0 Å². The minimum atomic E-state index is -0.250. The summed E-state index contributed by atoms with van der Waals surface area (Å²) in [5.74, 6) is 0.535. The fourth-order valence-electron chi connectivity index (χ4n) is 3.20. The van der Waals surface area contributed by atoms with Crippen LogP contribution in [0.25, 0.3) is 11.1 Å². The molecule has 0 heterocycles. The number of likely N-dealkylation sites (N-methyl/N-ethyl adjacent to an activating group) is 1. The van der Waals surface area contributed by atoms with Gasteiger partial charge in [-0.1, -0.05) is 62.4 Å². The van der Waals surface area contributed by atoms with Crippen molar-refractivity contribution < 1.29 is 9.90 Å². The molecule has 1 aliphatic rings. The van der Waals surface area contributed by atoms with Gasteiger partial charge in [0.15, 0.2) is 0 Å². The van der Waals surface area contributed by atoms with Gasteiger partial charge in [0.25, 0.3) is 6.47 Å². The summed E-state index contributed by atoms with van der Waals surface area (Å²) in [6.45, 7) is 7.61. The maximum atomic E-state index is 8.36. The summed E-state index contributed by atoms with van der Waals surface area (Å²) in [5, 5.41) is 6.89. The van der Waals surface area contributed by atoms with Crippen LogP contribution in [0.15, 0.2) is 48.5 Å². The van der Waals surface area contributed by atoms with Crippen molar-refractivity contribution in [2.45, 2.75) is 19.8 Å². The van der Waals surface area contributed by atoms with E-state index < -0.39 is 0 Å². The molecule has 0 aliphatic heterocycles. The number of rotatable bonds is 4. The van der Waals surface area contributed by atoms with Crippen molar-refractivity contribution in [3.63, 3.8) is 0 Å². The summed E-state index contributed by atoms with van der Waals surface area (Å²) in [7, 11) is 0. The molecule has 1 N–H and O–H groups in total. The molecule has 0 atom stereocenters. The van der Waals surface area contributed by atoms with Crippen molar-refractivity contribution in [2.75, 3.05) is 19.6 Å². The van der Waals surface area contributed by atoms with Crippen LogP contribution in [0, 0.1) is 0 Å². The van der Waals surface area contributed by atoms with Crippen molar-refractivity contribution in [1.82, 2.24) is 4.90 Å². The second kappa shape index (κ2) is 7.76. The first kappa shape index (κ1) is 16.2. The molecule has 1 aliphatic carbocycles. The summed E-state index contributed by atoms with van der Waals surface area (Å²) in [6, 6.07) is 17.7. The Morgan fingerprint density at radius 1 is 0.955 bits per heavy atom. The molecule has 0 amide bonds. The van der Waals surface area contributed by atoms with E-state index in [9.17, 15) is 0 Å². The van der Waals surface area contributed by atoms with Gasteiger partial charge in [-0.05, 0) is 35.3 Å². The van der Waals surface area contributed by atoms with Crippen molar-refractivity contribution in [3.05, 3.63) is 59.7 Å². The maximum Gasteiger partial charge on any atom is 0.290 e. The smallest absolute Gasteiger partial charge is 0.290 e. The Balaban J connectivity index is 0.000000545. The standard InChI is InChI=1S/C18H21N.CH2O2/c1-3-19(4-2)13-18-16-11-7-5-9-14(16)15-10-6-8-12-17(15)18;2-1-3/h5-12,18H,3-4,13H2,1-2H3;1H,(H,2,3). The molecular formula is C19H23NO2. The second-order valence-corrected chi connectivity index (χ2v) is 5.32. The number of hydrogen-bond donors (Lipinski definition) is 1. The first-order valence-electron chi connectivity index (χ1n) is 7.75. The van der Waals surface area contributed by atoms with Crippen LogP contribution in [0.4, 0.5) is 0 Å². The number of benzene rings is 2. The summed E-state index contributed by atoms with van der Waals surface area (Å²) in [5.41, 5.74) is 5.84. The van der Waals surface area contributed by atoms with Gasteiger partial charge < -0.3 is 10.0 Å². The largest absolute Gasteiger partial charge is 0.483 e. The fourth-order valence-corrected chi connectivity index (χ4v) is 3.20. The number of carboxylic acid groups (broad SMARTS) is 1. The van der Waals surface area contributed by atoms with Gasteiger partial charge in [0, 0.05) is 12.5 Å². The molecule has 116 valence electrons. The van der Waals surface area contributed by atoms with Crippen molar-refractivity contribution in [1.29, 1.82) is 0 Å². The average Bonchev–Trinajstić information content (AvgIpc) is 2.88. The van der Waals surface area contributed by atoms with Crippen LogP contribution in [-0.2, 0) is 4.79 Å². The molecule has 3 rings (SSSR count). The topological polar surface area (TPSA) is 40.5 Å². The van der Waals surface area contributed by atoms with Gasteiger partial charge in [-0.25, -0.2) is 0 Å². The third-order valence-corrected chi connectivity index (χ3v) is 4.30. The number of nitrogens with zero attached hydrogens (tertiary/aromatic N) is 1. The molecule has 22 heavy (non-hydrogen) atoms. The summed E-state index contributed by atoms with van der Waals surface area (Å²) < 4.78 is 0. The Hall–Kier alpha value is -2.13. The molecule has 0 saturated heterocycles. The number of carbonyl (C=O) groups is 1. The van der Waals surface area contributed by atoms with Crippen LogP contribution in [0.3, 0.4) is 0 Å². The summed E-state index contributed by atoms with van der Waals surface area (Å²) in [4.78, 5) is 10.9. The lowest BCUT2D eigenvalue weighted by Gasteiger charge is -2.23. The predicted molar refractivity (Wildman–Crippen MR) is 90.2 cm³/mol. The molecule has 2 aromatic carbocycles. The van der Waals surface area contributed by atoms with Crippen LogP contribution < -0.4 is 0 Å². The predicted octanol–water partition coefficient (Wildman–Crippen LogP) is 3.84. The molecule has 0 spiro atoms. The Kier molecular flexibility index (Phi) is 5.73. The van der Waals surface area contributed by atoms with Gasteiger partial charge in [-0.15, -0.1) is 0 Å². The third-order valence-electron chi connectivity index (χ3n) is 4.30. The molecule has 0 unspecified atom stereocenters. The summed E-state index contributed by atoms with van der Waals surface area (Å²) >= 11 is 0. The SMILES string of the molecule is CCN(CC)CC1c2ccccc2-c2ccccc21.O=CO. The van der Waals surface area contributed by atoms with Crippen molar-refractivity contribution in [3.8, 4) is 11.1 Å². The Labute approximate surface area is 132 Å². The van der Waals surface area contributed by atoms with Crippen LogP contribution in [0.5, 0.6) is 0 Å². The highest BCUT2D eigenvalue weighted by Crippen LogP contribution is 2.44. The van der Waals surface area contributed by atoms with Gasteiger partial charge in [0.05, 0.1) is 0 Å². The molecule has 0 fully saturated rings. The van der Waals surface area contributed by atoms with Gasteiger partial charge >= 0.3 is 0 Å². The molecule has 2 aromatic rings. The van der Waals surface area contributed by atoms with Crippen molar-refractivity contribution in [2.24, 2.45) is 0 Å². The fraction of sp³-hybridized carbons (Fsp3) is 0.316. The van der Waals surface area contributed by atoms with Gasteiger partial charge in [-0.2, -0.15) is 0 Å². The van der Waals surface area contributed by atoms with E-state index in [2.05, 4.69) is 67.3 Å². The second-order valence-electron chi connectivity index (χ2n) is 5.32. The molecule has 3 nitrogen and oxygen atoms in total. The third kappa shape index (κ3) is 3.20. The first-order chi connectivity index (χ1) is 10.8. The van der Waals surface area contributed by atoms with Crippen LogP contribution in [0.2, 0.25) is 0 Å². The molecule has 0 bridgehead atoms. The Bertz CT molecular complexity index is 575.